The van der Waals surface area contributed by atoms with Crippen LogP contribution in [0.3, 0.4) is 0 Å². The first-order valence-corrected chi connectivity index (χ1v) is 5.25. The molecule has 16 heavy (non-hydrogen) atoms. The molecule has 3 N–H and O–H groups in total. The number of carboxylic acids is 1. The van der Waals surface area contributed by atoms with Gasteiger partial charge in [-0.1, -0.05) is 11.3 Å². The summed E-state index contributed by atoms with van der Waals surface area (Å²) in [5, 5.41) is 8.68. The van der Waals surface area contributed by atoms with E-state index in [1.54, 1.807) is 20.8 Å². The van der Waals surface area contributed by atoms with E-state index < -0.39 is 17.5 Å². The van der Waals surface area contributed by atoms with Crippen molar-refractivity contribution in [2.45, 2.75) is 26.4 Å². The quantitative estimate of drug-likeness (QED) is 0.762. The second-order valence-corrected chi connectivity index (χ2v) is 5.04. The zero-order valence-electron chi connectivity index (χ0n) is 9.10. The van der Waals surface area contributed by atoms with Gasteiger partial charge < -0.3 is 15.6 Å². The van der Waals surface area contributed by atoms with E-state index in [4.69, 9.17) is 15.6 Å². The normalized spacial score (nSPS) is 11.2. The number of rotatable bonds is 2. The van der Waals surface area contributed by atoms with Crippen molar-refractivity contribution in [3.63, 3.8) is 0 Å². The molecule has 0 unspecified atom stereocenters. The number of esters is 1. The van der Waals surface area contributed by atoms with Crippen LogP contribution in [-0.2, 0) is 4.74 Å². The van der Waals surface area contributed by atoms with E-state index in [1.165, 1.54) is 0 Å². The molecule has 0 fully saturated rings. The number of nitrogens with two attached hydrogens (primary N) is 1. The monoisotopic (exact) mass is 244 g/mol. The van der Waals surface area contributed by atoms with Crippen molar-refractivity contribution in [2.75, 3.05) is 5.73 Å². The van der Waals surface area contributed by atoms with E-state index in [9.17, 15) is 9.59 Å². The lowest BCUT2D eigenvalue weighted by Crippen LogP contribution is -2.23. The number of carbonyl (C=O) groups is 2. The topological polar surface area (TPSA) is 103 Å². The number of nitrogen functional groups attached to an aromatic ring is 1. The van der Waals surface area contributed by atoms with Crippen molar-refractivity contribution in [2.24, 2.45) is 0 Å². The van der Waals surface area contributed by atoms with E-state index >= 15 is 0 Å². The van der Waals surface area contributed by atoms with Crippen LogP contribution in [0.25, 0.3) is 0 Å². The maximum atomic E-state index is 11.5. The smallest absolute Gasteiger partial charge is 0.368 e. The molecule has 7 heteroatoms. The number of anilines is 1. The van der Waals surface area contributed by atoms with E-state index in [1.807, 2.05) is 0 Å². The van der Waals surface area contributed by atoms with Crippen molar-refractivity contribution in [3.8, 4) is 0 Å². The molecule has 0 atom stereocenters. The standard InChI is InChI=1S/C9H12N2O4S/c1-9(2,3)15-8(14)6-11-5(10)4(16-6)7(12)13/h10H2,1-3H3,(H,12,13). The van der Waals surface area contributed by atoms with Crippen LogP contribution >= 0.6 is 11.3 Å². The van der Waals surface area contributed by atoms with E-state index in [-0.39, 0.29) is 15.7 Å². The summed E-state index contributed by atoms with van der Waals surface area (Å²) < 4.78 is 5.03. The third-order valence-corrected chi connectivity index (χ3v) is 2.46. The summed E-state index contributed by atoms with van der Waals surface area (Å²) in [6.07, 6.45) is 0. The molecule has 0 aliphatic carbocycles. The second kappa shape index (κ2) is 4.09. The minimum atomic E-state index is -1.20. The average molecular weight is 244 g/mol. The number of ether oxygens (including phenoxy) is 1. The van der Waals surface area contributed by atoms with E-state index in [2.05, 4.69) is 4.98 Å². The zero-order chi connectivity index (χ0) is 12.5. The van der Waals surface area contributed by atoms with Crippen LogP contribution < -0.4 is 5.73 Å². The first-order chi connectivity index (χ1) is 7.20. The highest BCUT2D eigenvalue weighted by molar-refractivity contribution is 7.15. The van der Waals surface area contributed by atoms with Gasteiger partial charge in [-0.3, -0.25) is 0 Å². The fraction of sp³-hybridized carbons (Fsp3) is 0.444. The molecule has 0 aromatic carbocycles. The molecule has 1 heterocycles. The van der Waals surface area contributed by atoms with Gasteiger partial charge in [-0.05, 0) is 20.8 Å². The number of aromatic carboxylic acids is 1. The van der Waals surface area contributed by atoms with Crippen LogP contribution in [0.2, 0.25) is 0 Å². The third kappa shape index (κ3) is 2.93. The van der Waals surface area contributed by atoms with Crippen LogP contribution in [-0.4, -0.2) is 27.6 Å². The Labute approximate surface area is 96.1 Å². The van der Waals surface area contributed by atoms with Crippen molar-refractivity contribution >= 4 is 29.1 Å². The Bertz CT molecular complexity index is 433. The molecule has 88 valence electrons. The molecule has 6 nitrogen and oxygen atoms in total. The van der Waals surface area contributed by atoms with Gasteiger partial charge in [0.05, 0.1) is 0 Å². The van der Waals surface area contributed by atoms with Gasteiger partial charge in [0, 0.05) is 0 Å². The Kier molecular flexibility index (Phi) is 3.18. The largest absolute Gasteiger partial charge is 0.477 e. The minimum absolute atomic E-state index is 0.0511. The second-order valence-electron chi connectivity index (χ2n) is 4.04. The summed E-state index contributed by atoms with van der Waals surface area (Å²) in [4.78, 5) is 25.7. The molecule has 0 bridgehead atoms. The zero-order valence-corrected chi connectivity index (χ0v) is 9.92. The molecule has 1 rings (SSSR count). The first kappa shape index (κ1) is 12.4. The van der Waals surface area contributed by atoms with E-state index in [0.717, 1.165) is 0 Å². The van der Waals surface area contributed by atoms with Crippen LogP contribution in [0.4, 0.5) is 5.82 Å². The minimum Gasteiger partial charge on any atom is -0.477 e. The predicted molar refractivity (Wildman–Crippen MR) is 58.7 cm³/mol. The molecule has 0 saturated heterocycles. The van der Waals surface area contributed by atoms with Crippen molar-refractivity contribution in [3.05, 3.63) is 9.88 Å². The highest BCUT2D eigenvalue weighted by Crippen LogP contribution is 2.22. The van der Waals surface area contributed by atoms with Crippen LogP contribution in [0.15, 0.2) is 0 Å². The van der Waals surface area contributed by atoms with Crippen LogP contribution in [0, 0.1) is 0 Å². The van der Waals surface area contributed by atoms with Crippen LogP contribution in [0.1, 0.15) is 40.2 Å². The molecule has 0 aliphatic rings. The number of carboxylic acid groups (broad SMARTS) is 1. The third-order valence-electron chi connectivity index (χ3n) is 1.42. The summed E-state index contributed by atoms with van der Waals surface area (Å²) in [6.45, 7) is 5.12. The van der Waals surface area contributed by atoms with Gasteiger partial charge in [0.15, 0.2) is 4.88 Å². The Hall–Kier alpha value is -1.63. The number of thiazole rings is 1. The Balaban J connectivity index is 2.94. The highest BCUT2D eigenvalue weighted by atomic mass is 32.1. The molecule has 0 spiro atoms. The maximum Gasteiger partial charge on any atom is 0.368 e. The highest BCUT2D eigenvalue weighted by Gasteiger charge is 2.24. The number of hydrogen-bond donors (Lipinski definition) is 2. The summed E-state index contributed by atoms with van der Waals surface area (Å²) >= 11 is 0.706. The van der Waals surface area contributed by atoms with Crippen LogP contribution in [0.5, 0.6) is 0 Å². The number of aromatic nitrogens is 1. The van der Waals surface area contributed by atoms with E-state index in [0.29, 0.717) is 11.3 Å². The summed E-state index contributed by atoms with van der Waals surface area (Å²) in [7, 11) is 0. The number of hydrogen-bond acceptors (Lipinski definition) is 6. The molecular formula is C9H12N2O4S. The molecule has 0 saturated carbocycles. The Morgan fingerprint density at radius 2 is 2.00 bits per heavy atom. The summed E-state index contributed by atoms with van der Waals surface area (Å²) in [5.41, 5.74) is 4.70. The van der Waals surface area contributed by atoms with Crippen molar-refractivity contribution in [1.82, 2.24) is 4.98 Å². The van der Waals surface area contributed by atoms with Gasteiger partial charge in [0.2, 0.25) is 5.01 Å². The van der Waals surface area contributed by atoms with Gasteiger partial charge >= 0.3 is 11.9 Å². The Morgan fingerprint density at radius 1 is 1.44 bits per heavy atom. The summed E-state index contributed by atoms with van der Waals surface area (Å²) in [6, 6.07) is 0. The van der Waals surface area contributed by atoms with Gasteiger partial charge in [-0.2, -0.15) is 0 Å². The lowest BCUT2D eigenvalue weighted by Gasteiger charge is -2.18. The summed E-state index contributed by atoms with van der Waals surface area (Å²) in [5.74, 6) is -2.04. The molecule has 1 aromatic rings. The van der Waals surface area contributed by atoms with Gasteiger partial charge in [-0.15, -0.1) is 0 Å². The first-order valence-electron chi connectivity index (χ1n) is 4.43. The number of nitrogens with zero attached hydrogens (tertiary/aromatic N) is 1. The Morgan fingerprint density at radius 3 is 2.38 bits per heavy atom. The van der Waals surface area contributed by atoms with Gasteiger partial charge in [0.25, 0.3) is 0 Å². The van der Waals surface area contributed by atoms with Crippen molar-refractivity contribution in [1.29, 1.82) is 0 Å². The lowest BCUT2D eigenvalue weighted by molar-refractivity contribution is 0.00691. The fourth-order valence-corrected chi connectivity index (χ4v) is 1.59. The molecule has 0 amide bonds. The molecular weight excluding hydrogens is 232 g/mol. The van der Waals surface area contributed by atoms with Gasteiger partial charge in [-0.25, -0.2) is 14.6 Å². The van der Waals surface area contributed by atoms with Crippen molar-refractivity contribution < 1.29 is 19.4 Å². The lowest BCUT2D eigenvalue weighted by atomic mass is 10.2. The predicted octanol–water partition coefficient (Wildman–Crippen LogP) is 1.38. The SMILES string of the molecule is CC(C)(C)OC(=O)c1nc(N)c(C(=O)O)s1. The molecule has 0 aliphatic heterocycles. The molecule has 0 radical (unpaired) electrons. The fourth-order valence-electron chi connectivity index (χ4n) is 0.894. The van der Waals surface area contributed by atoms with Gasteiger partial charge in [0.1, 0.15) is 11.4 Å². The maximum absolute atomic E-state index is 11.5. The average Bonchev–Trinajstić information content (AvgIpc) is 2.44. The molecule has 1 aromatic heterocycles. The number of carbonyl (C=O) groups excluding carboxylic acids is 1.